The number of β-amino-alcohol motifs (C(OH)–C–C–N with tert-alkyl or cyclic N) is 1. The second-order valence-electron chi connectivity index (χ2n) is 4.33. The molecule has 0 aromatic heterocycles. The van der Waals surface area contributed by atoms with Crippen LogP contribution in [0.1, 0.15) is 13.3 Å². The number of hydrogen-bond donors (Lipinski definition) is 1. The van der Waals surface area contributed by atoms with E-state index in [9.17, 15) is 15.2 Å². The average molecular weight is 301 g/mol. The first-order chi connectivity index (χ1) is 7.95. The normalized spacial score (nSPS) is 17.7. The molecule has 1 heterocycles. The van der Waals surface area contributed by atoms with Crippen LogP contribution in [0.15, 0.2) is 22.7 Å². The summed E-state index contributed by atoms with van der Waals surface area (Å²) in [6.07, 6.45) is 0.716. The Kier molecular flexibility index (Phi) is 3.09. The molecule has 1 N–H and O–H groups in total. The van der Waals surface area contributed by atoms with Crippen molar-refractivity contribution in [2.75, 3.05) is 18.0 Å². The summed E-state index contributed by atoms with van der Waals surface area (Å²) in [5.74, 6) is 0. The van der Waals surface area contributed by atoms with Gasteiger partial charge in [0.2, 0.25) is 0 Å². The monoisotopic (exact) mass is 300 g/mol. The van der Waals surface area contributed by atoms with Crippen LogP contribution >= 0.6 is 15.9 Å². The second-order valence-corrected chi connectivity index (χ2v) is 5.18. The third kappa shape index (κ3) is 2.28. The Hall–Kier alpha value is -1.14. The van der Waals surface area contributed by atoms with E-state index in [1.165, 1.54) is 12.1 Å². The van der Waals surface area contributed by atoms with E-state index in [0.29, 0.717) is 24.0 Å². The van der Waals surface area contributed by atoms with E-state index in [4.69, 9.17) is 0 Å². The van der Waals surface area contributed by atoms with E-state index in [-0.39, 0.29) is 5.69 Å². The van der Waals surface area contributed by atoms with Crippen molar-refractivity contribution in [1.29, 1.82) is 0 Å². The molecular weight excluding hydrogens is 288 g/mol. The van der Waals surface area contributed by atoms with Crippen LogP contribution in [0, 0.1) is 10.1 Å². The van der Waals surface area contributed by atoms with Crippen molar-refractivity contribution in [3.63, 3.8) is 0 Å². The Morgan fingerprint density at radius 2 is 2.24 bits per heavy atom. The highest BCUT2D eigenvalue weighted by atomic mass is 79.9. The first-order valence-electron chi connectivity index (χ1n) is 5.36. The molecule has 1 aliphatic heterocycles. The lowest BCUT2D eigenvalue weighted by molar-refractivity contribution is -0.384. The van der Waals surface area contributed by atoms with Gasteiger partial charge in [-0.1, -0.05) is 6.92 Å². The number of nitrogens with zero attached hydrogens (tertiary/aromatic N) is 2. The van der Waals surface area contributed by atoms with Gasteiger partial charge in [-0.05, 0) is 28.4 Å². The number of benzene rings is 1. The molecule has 1 aliphatic rings. The van der Waals surface area contributed by atoms with Gasteiger partial charge in [-0.25, -0.2) is 0 Å². The van der Waals surface area contributed by atoms with Gasteiger partial charge in [0.05, 0.1) is 16.2 Å². The van der Waals surface area contributed by atoms with Crippen molar-refractivity contribution in [3.05, 3.63) is 32.8 Å². The van der Waals surface area contributed by atoms with Gasteiger partial charge in [-0.3, -0.25) is 10.1 Å². The molecule has 2 rings (SSSR count). The smallest absolute Gasteiger partial charge is 0.270 e. The van der Waals surface area contributed by atoms with Crippen molar-refractivity contribution >= 4 is 27.3 Å². The number of hydrogen-bond acceptors (Lipinski definition) is 4. The van der Waals surface area contributed by atoms with E-state index in [2.05, 4.69) is 15.9 Å². The summed E-state index contributed by atoms with van der Waals surface area (Å²) in [5.41, 5.74) is 0.335. The maximum Gasteiger partial charge on any atom is 0.270 e. The lowest BCUT2D eigenvalue weighted by Crippen LogP contribution is -2.61. The highest BCUT2D eigenvalue weighted by Gasteiger charge is 2.40. The topological polar surface area (TPSA) is 66.6 Å². The van der Waals surface area contributed by atoms with Crippen LogP contribution < -0.4 is 4.90 Å². The Morgan fingerprint density at radius 3 is 2.71 bits per heavy atom. The molecular formula is C11H13BrN2O3. The second kappa shape index (κ2) is 4.27. The van der Waals surface area contributed by atoms with Crippen molar-refractivity contribution < 1.29 is 10.0 Å². The highest BCUT2D eigenvalue weighted by Crippen LogP contribution is 2.36. The third-order valence-electron chi connectivity index (χ3n) is 3.11. The van der Waals surface area contributed by atoms with E-state index in [1.807, 2.05) is 11.8 Å². The summed E-state index contributed by atoms with van der Waals surface area (Å²) in [5, 5.41) is 20.5. The minimum absolute atomic E-state index is 0.0619. The number of non-ortho nitro benzene ring substituents is 1. The van der Waals surface area contributed by atoms with Crippen LogP contribution in [-0.2, 0) is 0 Å². The molecule has 0 unspecified atom stereocenters. The Balaban J connectivity index is 2.17. The molecule has 0 saturated carbocycles. The first-order valence-corrected chi connectivity index (χ1v) is 6.16. The molecule has 0 atom stereocenters. The lowest BCUT2D eigenvalue weighted by Gasteiger charge is -2.47. The molecule has 1 fully saturated rings. The maximum absolute atomic E-state index is 10.6. The summed E-state index contributed by atoms with van der Waals surface area (Å²) in [6, 6.07) is 4.67. The van der Waals surface area contributed by atoms with Crippen molar-refractivity contribution in [1.82, 2.24) is 0 Å². The number of nitro benzene ring substituents is 1. The van der Waals surface area contributed by atoms with Gasteiger partial charge in [0.15, 0.2) is 0 Å². The van der Waals surface area contributed by atoms with E-state index in [0.717, 1.165) is 5.69 Å². The number of aliphatic hydroxyl groups is 1. The molecule has 1 aromatic rings. The van der Waals surface area contributed by atoms with Gasteiger partial charge in [-0.15, -0.1) is 0 Å². The zero-order valence-electron chi connectivity index (χ0n) is 9.39. The Labute approximate surface area is 107 Å². The lowest BCUT2D eigenvalue weighted by atomic mass is 9.91. The predicted octanol–water partition coefficient (Wildman–Crippen LogP) is 2.32. The predicted molar refractivity (Wildman–Crippen MR) is 68.3 cm³/mol. The van der Waals surface area contributed by atoms with Crippen LogP contribution in [0.5, 0.6) is 0 Å². The van der Waals surface area contributed by atoms with Crippen LogP contribution in [0.3, 0.4) is 0 Å². The van der Waals surface area contributed by atoms with Crippen LogP contribution in [0.4, 0.5) is 11.4 Å². The van der Waals surface area contributed by atoms with E-state index >= 15 is 0 Å². The van der Waals surface area contributed by atoms with Crippen LogP contribution in [0.2, 0.25) is 0 Å². The molecule has 1 aromatic carbocycles. The molecule has 0 amide bonds. The molecule has 0 aliphatic carbocycles. The molecule has 0 radical (unpaired) electrons. The SMILES string of the molecule is CCC1(O)CN(c2ccc([N+](=O)[O-])cc2Br)C1. The molecule has 1 saturated heterocycles. The van der Waals surface area contributed by atoms with Crippen molar-refractivity contribution in [2.45, 2.75) is 18.9 Å². The fourth-order valence-corrected chi connectivity index (χ4v) is 2.54. The van der Waals surface area contributed by atoms with Gasteiger partial charge in [0.1, 0.15) is 0 Å². The molecule has 6 heteroatoms. The third-order valence-corrected chi connectivity index (χ3v) is 3.75. The van der Waals surface area contributed by atoms with Gasteiger partial charge in [0.25, 0.3) is 5.69 Å². The summed E-state index contributed by atoms with van der Waals surface area (Å²) >= 11 is 3.32. The number of anilines is 1. The van der Waals surface area contributed by atoms with Crippen LogP contribution in [0.25, 0.3) is 0 Å². The minimum Gasteiger partial charge on any atom is -0.386 e. The quantitative estimate of drug-likeness (QED) is 0.687. The minimum atomic E-state index is -0.610. The van der Waals surface area contributed by atoms with Crippen LogP contribution in [-0.4, -0.2) is 28.7 Å². The fraction of sp³-hybridized carbons (Fsp3) is 0.455. The Bertz CT molecular complexity index is 458. The fourth-order valence-electron chi connectivity index (χ4n) is 1.92. The average Bonchev–Trinajstić information content (AvgIpc) is 2.25. The number of halogens is 1. The summed E-state index contributed by atoms with van der Waals surface area (Å²) < 4.78 is 0.685. The zero-order chi connectivity index (χ0) is 12.6. The van der Waals surface area contributed by atoms with E-state index in [1.54, 1.807) is 6.07 Å². The zero-order valence-corrected chi connectivity index (χ0v) is 11.0. The first kappa shape index (κ1) is 12.3. The number of rotatable bonds is 3. The van der Waals surface area contributed by atoms with E-state index < -0.39 is 10.5 Å². The highest BCUT2D eigenvalue weighted by molar-refractivity contribution is 9.10. The van der Waals surface area contributed by atoms with Crippen molar-refractivity contribution in [3.8, 4) is 0 Å². The molecule has 0 spiro atoms. The maximum atomic E-state index is 10.6. The molecule has 0 bridgehead atoms. The van der Waals surface area contributed by atoms with Gasteiger partial charge in [-0.2, -0.15) is 0 Å². The van der Waals surface area contributed by atoms with Gasteiger partial charge in [0, 0.05) is 29.7 Å². The molecule has 92 valence electrons. The molecule has 5 nitrogen and oxygen atoms in total. The summed E-state index contributed by atoms with van der Waals surface area (Å²) in [4.78, 5) is 12.2. The van der Waals surface area contributed by atoms with Gasteiger partial charge < -0.3 is 10.0 Å². The number of nitro groups is 1. The van der Waals surface area contributed by atoms with Gasteiger partial charge >= 0.3 is 0 Å². The van der Waals surface area contributed by atoms with Crippen molar-refractivity contribution in [2.24, 2.45) is 0 Å². The summed E-state index contributed by atoms with van der Waals surface area (Å²) in [7, 11) is 0. The summed E-state index contributed by atoms with van der Waals surface area (Å²) in [6.45, 7) is 3.09. The largest absolute Gasteiger partial charge is 0.386 e. The molecule has 17 heavy (non-hydrogen) atoms. The standard InChI is InChI=1S/C11H13BrN2O3/c1-2-11(15)6-13(7-11)10-4-3-8(14(16)17)5-9(10)12/h3-5,15H,2,6-7H2,1H3. The Morgan fingerprint density at radius 1 is 1.59 bits per heavy atom.